The molecule has 5 nitrogen and oxygen atoms in total. The molecule has 98 valence electrons. The summed E-state index contributed by atoms with van der Waals surface area (Å²) >= 11 is 0. The van der Waals surface area contributed by atoms with Gasteiger partial charge in [0.25, 0.3) is 5.91 Å². The predicted octanol–water partition coefficient (Wildman–Crippen LogP) is 2.80. The molecule has 1 aromatic carbocycles. The number of hydrogen-bond donors (Lipinski definition) is 2. The van der Waals surface area contributed by atoms with Crippen LogP contribution in [-0.4, -0.2) is 11.8 Å². The molecular formula is C14H14N2O3. The fourth-order valence-electron chi connectivity index (χ4n) is 1.59. The third-order valence-electron chi connectivity index (χ3n) is 2.43. The lowest BCUT2D eigenvalue weighted by atomic mass is 10.2. The molecule has 0 saturated carbocycles. The van der Waals surface area contributed by atoms with Crippen LogP contribution in [0.4, 0.5) is 11.4 Å². The largest absolute Gasteiger partial charge is 0.456 e. The van der Waals surface area contributed by atoms with Gasteiger partial charge in [0.05, 0.1) is 0 Å². The number of furan rings is 1. The summed E-state index contributed by atoms with van der Waals surface area (Å²) in [6, 6.07) is 10.2. The molecule has 0 aliphatic rings. The molecule has 0 saturated heterocycles. The molecule has 2 rings (SSSR count). The minimum atomic E-state index is -0.305. The molecule has 2 N–H and O–H groups in total. The Labute approximate surface area is 110 Å². The summed E-state index contributed by atoms with van der Waals surface area (Å²) < 4.78 is 5.22. The Bertz CT molecular complexity index is 599. The first-order valence-electron chi connectivity index (χ1n) is 5.80. The molecule has 0 fully saturated rings. The van der Waals surface area contributed by atoms with E-state index in [2.05, 4.69) is 10.6 Å². The molecule has 19 heavy (non-hydrogen) atoms. The zero-order valence-electron chi connectivity index (χ0n) is 10.7. The van der Waals surface area contributed by atoms with Gasteiger partial charge in [0.15, 0.2) is 5.76 Å². The number of aryl methyl sites for hydroxylation is 1. The van der Waals surface area contributed by atoms with Gasteiger partial charge < -0.3 is 15.1 Å². The molecule has 0 bridgehead atoms. The Morgan fingerprint density at radius 2 is 1.53 bits per heavy atom. The summed E-state index contributed by atoms with van der Waals surface area (Å²) in [5, 5.41) is 5.36. The fraction of sp³-hybridized carbons (Fsp3) is 0.143. The monoisotopic (exact) mass is 258 g/mol. The van der Waals surface area contributed by atoms with Gasteiger partial charge >= 0.3 is 0 Å². The predicted molar refractivity (Wildman–Crippen MR) is 72.1 cm³/mol. The van der Waals surface area contributed by atoms with E-state index >= 15 is 0 Å². The molecule has 0 unspecified atom stereocenters. The molecule has 0 spiro atoms. The highest BCUT2D eigenvalue weighted by molar-refractivity contribution is 6.02. The van der Waals surface area contributed by atoms with Crippen molar-refractivity contribution in [2.45, 2.75) is 13.8 Å². The van der Waals surface area contributed by atoms with Crippen molar-refractivity contribution in [2.24, 2.45) is 0 Å². The van der Waals surface area contributed by atoms with Crippen LogP contribution in [0.1, 0.15) is 23.2 Å². The second-order valence-electron chi connectivity index (χ2n) is 4.12. The first-order chi connectivity index (χ1) is 9.04. The smallest absolute Gasteiger partial charge is 0.291 e. The maximum absolute atomic E-state index is 11.8. The number of hydrogen-bond acceptors (Lipinski definition) is 3. The summed E-state index contributed by atoms with van der Waals surface area (Å²) in [4.78, 5) is 22.7. The summed E-state index contributed by atoms with van der Waals surface area (Å²) in [7, 11) is 0. The van der Waals surface area contributed by atoms with Crippen LogP contribution < -0.4 is 10.6 Å². The molecule has 1 heterocycles. The Hall–Kier alpha value is -2.56. The van der Waals surface area contributed by atoms with Gasteiger partial charge in [0, 0.05) is 18.3 Å². The molecule has 5 heteroatoms. The van der Waals surface area contributed by atoms with Gasteiger partial charge in [-0.2, -0.15) is 0 Å². The van der Waals surface area contributed by atoms with Crippen molar-refractivity contribution in [2.75, 3.05) is 10.6 Å². The van der Waals surface area contributed by atoms with E-state index < -0.39 is 0 Å². The molecule has 1 aromatic heterocycles. The van der Waals surface area contributed by atoms with E-state index in [9.17, 15) is 9.59 Å². The van der Waals surface area contributed by atoms with Crippen LogP contribution in [0.2, 0.25) is 0 Å². The number of benzene rings is 1. The van der Waals surface area contributed by atoms with Crippen LogP contribution in [0.3, 0.4) is 0 Å². The number of carbonyl (C=O) groups excluding carboxylic acids is 2. The van der Waals surface area contributed by atoms with Crippen LogP contribution in [0.15, 0.2) is 40.8 Å². The average Bonchev–Trinajstić information content (AvgIpc) is 2.78. The van der Waals surface area contributed by atoms with E-state index in [4.69, 9.17) is 4.42 Å². The van der Waals surface area contributed by atoms with Gasteiger partial charge in [0.1, 0.15) is 5.76 Å². The van der Waals surface area contributed by atoms with Crippen molar-refractivity contribution < 1.29 is 14.0 Å². The number of amides is 2. The van der Waals surface area contributed by atoms with Crippen LogP contribution in [0.25, 0.3) is 0 Å². The Balaban J connectivity index is 2.03. The highest BCUT2D eigenvalue weighted by Gasteiger charge is 2.09. The Morgan fingerprint density at radius 3 is 2.00 bits per heavy atom. The van der Waals surface area contributed by atoms with Crippen LogP contribution in [0, 0.1) is 6.92 Å². The van der Waals surface area contributed by atoms with Crippen molar-refractivity contribution in [3.63, 3.8) is 0 Å². The normalized spacial score (nSPS) is 10.0. The first-order valence-corrected chi connectivity index (χ1v) is 5.80. The van der Waals surface area contributed by atoms with E-state index in [0.29, 0.717) is 17.1 Å². The molecule has 0 atom stereocenters. The Morgan fingerprint density at radius 1 is 0.947 bits per heavy atom. The fourth-order valence-corrected chi connectivity index (χ4v) is 1.59. The van der Waals surface area contributed by atoms with Gasteiger partial charge in [-0.05, 0) is 43.3 Å². The van der Waals surface area contributed by atoms with E-state index in [1.807, 2.05) is 0 Å². The SMILES string of the molecule is CC(=O)Nc1ccc(NC(=O)c2ccc(C)o2)cc1. The zero-order valence-corrected chi connectivity index (χ0v) is 10.7. The topological polar surface area (TPSA) is 71.3 Å². The van der Waals surface area contributed by atoms with Crippen molar-refractivity contribution in [3.8, 4) is 0 Å². The van der Waals surface area contributed by atoms with Crippen LogP contribution >= 0.6 is 0 Å². The van der Waals surface area contributed by atoms with E-state index in [0.717, 1.165) is 0 Å². The Kier molecular flexibility index (Phi) is 3.66. The molecule has 0 radical (unpaired) electrons. The average molecular weight is 258 g/mol. The maximum atomic E-state index is 11.8. The third kappa shape index (κ3) is 3.45. The van der Waals surface area contributed by atoms with E-state index in [-0.39, 0.29) is 17.6 Å². The van der Waals surface area contributed by atoms with Crippen molar-refractivity contribution in [1.82, 2.24) is 0 Å². The minimum absolute atomic E-state index is 0.136. The van der Waals surface area contributed by atoms with Crippen molar-refractivity contribution >= 4 is 23.2 Å². The molecule has 2 amide bonds. The highest BCUT2D eigenvalue weighted by Crippen LogP contribution is 2.15. The molecule has 0 aliphatic carbocycles. The van der Waals surface area contributed by atoms with Crippen molar-refractivity contribution in [3.05, 3.63) is 47.9 Å². The van der Waals surface area contributed by atoms with Crippen molar-refractivity contribution in [1.29, 1.82) is 0 Å². The summed E-state index contributed by atoms with van der Waals surface area (Å²) in [5.41, 5.74) is 1.31. The van der Waals surface area contributed by atoms with E-state index in [1.165, 1.54) is 6.92 Å². The van der Waals surface area contributed by atoms with Crippen LogP contribution in [0.5, 0.6) is 0 Å². The zero-order chi connectivity index (χ0) is 13.8. The lowest BCUT2D eigenvalue weighted by molar-refractivity contribution is -0.114. The highest BCUT2D eigenvalue weighted by atomic mass is 16.3. The molecule has 2 aromatic rings. The quantitative estimate of drug-likeness (QED) is 0.889. The van der Waals surface area contributed by atoms with Gasteiger partial charge in [-0.1, -0.05) is 0 Å². The van der Waals surface area contributed by atoms with E-state index in [1.54, 1.807) is 43.3 Å². The first kappa shape index (κ1) is 12.9. The van der Waals surface area contributed by atoms with Gasteiger partial charge in [-0.25, -0.2) is 0 Å². The number of rotatable bonds is 3. The van der Waals surface area contributed by atoms with Crippen LogP contribution in [-0.2, 0) is 4.79 Å². The van der Waals surface area contributed by atoms with Gasteiger partial charge in [-0.3, -0.25) is 9.59 Å². The standard InChI is InChI=1S/C14H14N2O3/c1-9-3-8-13(19-9)14(18)16-12-6-4-11(5-7-12)15-10(2)17/h3-8H,1-2H3,(H,15,17)(H,16,18). The molecule has 0 aliphatic heterocycles. The summed E-state index contributed by atoms with van der Waals surface area (Å²) in [6.45, 7) is 3.22. The summed E-state index contributed by atoms with van der Waals surface area (Å²) in [6.07, 6.45) is 0. The third-order valence-corrected chi connectivity index (χ3v) is 2.43. The van der Waals surface area contributed by atoms with Gasteiger partial charge in [0.2, 0.25) is 5.91 Å². The number of anilines is 2. The summed E-state index contributed by atoms with van der Waals surface area (Å²) in [5.74, 6) is 0.512. The lowest BCUT2D eigenvalue weighted by Gasteiger charge is -2.05. The second kappa shape index (κ2) is 5.39. The number of nitrogens with one attached hydrogen (secondary N) is 2. The lowest BCUT2D eigenvalue weighted by Crippen LogP contribution is -2.11. The minimum Gasteiger partial charge on any atom is -0.456 e. The second-order valence-corrected chi connectivity index (χ2v) is 4.12. The molecular weight excluding hydrogens is 244 g/mol. The number of carbonyl (C=O) groups is 2. The van der Waals surface area contributed by atoms with Gasteiger partial charge in [-0.15, -0.1) is 0 Å². The maximum Gasteiger partial charge on any atom is 0.291 e.